The molecule has 4 aliphatic heterocycles. The molecule has 3 amide bonds. The lowest BCUT2D eigenvalue weighted by molar-refractivity contribution is -0.136. The third-order valence-electron chi connectivity index (χ3n) is 8.46. The molecular weight excluding hydrogens is 470 g/mol. The molecule has 1 spiro atoms. The van der Waals surface area contributed by atoms with Gasteiger partial charge in [-0.15, -0.1) is 0 Å². The van der Waals surface area contributed by atoms with E-state index in [2.05, 4.69) is 22.3 Å². The zero-order valence-corrected chi connectivity index (χ0v) is 20.9. The first-order chi connectivity index (χ1) is 17.8. The van der Waals surface area contributed by atoms with Crippen LogP contribution in [-0.4, -0.2) is 59.0 Å². The molecule has 4 aliphatic rings. The van der Waals surface area contributed by atoms with Crippen LogP contribution in [-0.2, 0) is 28.1 Å². The Morgan fingerprint density at radius 1 is 1.22 bits per heavy atom. The Morgan fingerprint density at radius 2 is 2.00 bits per heavy atom. The van der Waals surface area contributed by atoms with E-state index >= 15 is 0 Å². The summed E-state index contributed by atoms with van der Waals surface area (Å²) in [6, 6.07) is 9.20. The molecule has 2 aromatic rings. The van der Waals surface area contributed by atoms with Gasteiger partial charge in [-0.25, -0.2) is 0 Å². The van der Waals surface area contributed by atoms with Gasteiger partial charge >= 0.3 is 0 Å². The van der Waals surface area contributed by atoms with Crippen molar-refractivity contribution in [3.8, 4) is 5.75 Å². The molecule has 37 heavy (non-hydrogen) atoms. The molecule has 9 heteroatoms. The molecule has 2 saturated heterocycles. The third kappa shape index (κ3) is 3.89. The summed E-state index contributed by atoms with van der Waals surface area (Å²) < 4.78 is 6.14. The van der Waals surface area contributed by atoms with Gasteiger partial charge in [-0.05, 0) is 68.6 Å². The van der Waals surface area contributed by atoms with E-state index in [1.165, 1.54) is 0 Å². The van der Waals surface area contributed by atoms with Crippen LogP contribution in [0.5, 0.6) is 5.75 Å². The van der Waals surface area contributed by atoms with Gasteiger partial charge in [0.25, 0.3) is 5.91 Å². The summed E-state index contributed by atoms with van der Waals surface area (Å²) in [7, 11) is 0. The van der Waals surface area contributed by atoms with Crippen LogP contribution in [0, 0.1) is 5.41 Å². The fraction of sp³-hybridized carbons (Fsp3) is 0.429. The van der Waals surface area contributed by atoms with Crippen molar-refractivity contribution in [1.29, 1.82) is 5.41 Å². The highest BCUT2D eigenvalue weighted by molar-refractivity contribution is 6.05. The number of carbonyl (C=O) groups excluding carboxylic acids is 3. The lowest BCUT2D eigenvalue weighted by Crippen LogP contribution is -2.52. The van der Waals surface area contributed by atoms with Crippen molar-refractivity contribution in [2.75, 3.05) is 25.4 Å². The predicted molar refractivity (Wildman–Crippen MR) is 138 cm³/mol. The van der Waals surface area contributed by atoms with E-state index in [1.54, 1.807) is 11.8 Å². The van der Waals surface area contributed by atoms with Crippen molar-refractivity contribution in [3.63, 3.8) is 0 Å². The predicted octanol–water partition coefficient (Wildman–Crippen LogP) is 2.34. The number of benzene rings is 2. The number of ether oxygens (including phenoxy) is 1. The molecule has 1 unspecified atom stereocenters. The zero-order valence-electron chi connectivity index (χ0n) is 20.9. The summed E-state index contributed by atoms with van der Waals surface area (Å²) in [5, 5.41) is 10.5. The molecular formula is C28H31N5O4. The first-order valence-electron chi connectivity index (χ1n) is 12.9. The quantitative estimate of drug-likeness (QED) is 0.335. The monoisotopic (exact) mass is 501 g/mol. The SMILES string of the molecule is CC(=N)c1c(N)cccc1CN1CCC2(CC1)COc1cc3c(cc12)CN(C1CCC(=O)NC1=O)C3=O. The summed E-state index contributed by atoms with van der Waals surface area (Å²) >= 11 is 0. The van der Waals surface area contributed by atoms with Crippen molar-refractivity contribution in [1.82, 2.24) is 15.1 Å². The van der Waals surface area contributed by atoms with Crippen LogP contribution in [0.1, 0.15) is 65.2 Å². The minimum absolute atomic E-state index is 0.0953. The summed E-state index contributed by atoms with van der Waals surface area (Å²) in [5.74, 6) is -0.0908. The summed E-state index contributed by atoms with van der Waals surface area (Å²) in [4.78, 5) is 41.1. The van der Waals surface area contributed by atoms with Crippen LogP contribution in [0.2, 0.25) is 0 Å². The number of hydrogen-bond acceptors (Lipinski definition) is 7. The third-order valence-corrected chi connectivity index (χ3v) is 8.46. The first-order valence-corrected chi connectivity index (χ1v) is 12.9. The Balaban J connectivity index is 1.19. The highest BCUT2D eigenvalue weighted by Crippen LogP contribution is 2.48. The molecule has 4 heterocycles. The maximum absolute atomic E-state index is 13.2. The standard InChI is InChI=1S/C28H31N5O4/c1-16(29)25-17(3-2-4-21(25)30)13-32-9-7-28(8-10-32)15-37-23-12-19-18(11-20(23)28)14-33(27(19)36)22-5-6-24(34)31-26(22)35/h2-4,11-12,22,29H,5-10,13-15,30H2,1H3,(H,31,34,35). The molecule has 0 radical (unpaired) electrons. The Labute approximate surface area is 215 Å². The summed E-state index contributed by atoms with van der Waals surface area (Å²) in [6.45, 7) is 5.29. The smallest absolute Gasteiger partial charge is 0.255 e. The van der Waals surface area contributed by atoms with Crippen molar-refractivity contribution in [2.45, 2.75) is 57.2 Å². The number of nitrogens with one attached hydrogen (secondary N) is 2. The van der Waals surface area contributed by atoms with Gasteiger partial charge in [0.05, 0.1) is 6.61 Å². The number of nitrogen functional groups attached to an aromatic ring is 1. The molecule has 0 aliphatic carbocycles. The highest BCUT2D eigenvalue weighted by Gasteiger charge is 2.46. The van der Waals surface area contributed by atoms with E-state index in [4.69, 9.17) is 15.9 Å². The van der Waals surface area contributed by atoms with Crippen molar-refractivity contribution in [2.24, 2.45) is 0 Å². The Kier molecular flexibility index (Phi) is 5.56. The topological polar surface area (TPSA) is 129 Å². The van der Waals surface area contributed by atoms with Crippen LogP contribution < -0.4 is 15.8 Å². The number of piperidine rings is 2. The second kappa shape index (κ2) is 8.69. The van der Waals surface area contributed by atoms with Gasteiger partial charge in [-0.1, -0.05) is 12.1 Å². The second-order valence-electron chi connectivity index (χ2n) is 10.8. The van der Waals surface area contributed by atoms with E-state index in [1.807, 2.05) is 18.2 Å². The van der Waals surface area contributed by atoms with Gasteiger partial charge < -0.3 is 20.8 Å². The molecule has 4 N–H and O–H groups in total. The molecule has 192 valence electrons. The molecule has 6 rings (SSSR count). The van der Waals surface area contributed by atoms with Gasteiger partial charge in [0, 0.05) is 53.0 Å². The molecule has 0 aromatic heterocycles. The van der Waals surface area contributed by atoms with Gasteiger partial charge in [0.2, 0.25) is 11.8 Å². The van der Waals surface area contributed by atoms with Crippen LogP contribution in [0.3, 0.4) is 0 Å². The summed E-state index contributed by atoms with van der Waals surface area (Å²) in [6.07, 6.45) is 2.47. The maximum Gasteiger partial charge on any atom is 0.255 e. The van der Waals surface area contributed by atoms with Crippen LogP contribution in [0.15, 0.2) is 30.3 Å². The van der Waals surface area contributed by atoms with Gasteiger partial charge in [0.15, 0.2) is 0 Å². The molecule has 0 saturated carbocycles. The number of nitrogens with two attached hydrogens (primary N) is 1. The van der Waals surface area contributed by atoms with E-state index in [0.717, 1.165) is 60.5 Å². The Hall–Kier alpha value is -3.72. The van der Waals surface area contributed by atoms with E-state index in [0.29, 0.717) is 36.5 Å². The minimum Gasteiger partial charge on any atom is -0.492 e. The zero-order chi connectivity index (χ0) is 25.9. The molecule has 2 aromatic carbocycles. The first kappa shape index (κ1) is 23.7. The van der Waals surface area contributed by atoms with Crippen molar-refractivity contribution < 1.29 is 19.1 Å². The van der Waals surface area contributed by atoms with Crippen molar-refractivity contribution in [3.05, 3.63) is 58.1 Å². The average Bonchev–Trinajstić information content (AvgIpc) is 3.36. The number of fused-ring (bicyclic) bond motifs is 3. The lowest BCUT2D eigenvalue weighted by atomic mass is 9.73. The Bertz CT molecular complexity index is 1340. The average molecular weight is 502 g/mol. The molecule has 0 bridgehead atoms. The highest BCUT2D eigenvalue weighted by atomic mass is 16.5. The van der Waals surface area contributed by atoms with Crippen molar-refractivity contribution >= 4 is 29.1 Å². The number of amides is 3. The number of hydrogen-bond donors (Lipinski definition) is 3. The van der Waals surface area contributed by atoms with E-state index < -0.39 is 11.9 Å². The molecule has 2 fully saturated rings. The number of carbonyl (C=O) groups is 3. The fourth-order valence-electron chi connectivity index (χ4n) is 6.43. The molecule has 9 nitrogen and oxygen atoms in total. The number of likely N-dealkylation sites (tertiary alicyclic amines) is 1. The second-order valence-corrected chi connectivity index (χ2v) is 10.8. The normalized spacial score (nSPS) is 22.6. The molecule has 1 atom stereocenters. The largest absolute Gasteiger partial charge is 0.492 e. The number of imide groups is 1. The van der Waals surface area contributed by atoms with Crippen LogP contribution in [0.4, 0.5) is 5.69 Å². The van der Waals surface area contributed by atoms with Gasteiger partial charge in [-0.2, -0.15) is 0 Å². The number of rotatable bonds is 4. The maximum atomic E-state index is 13.2. The van der Waals surface area contributed by atoms with E-state index in [-0.39, 0.29) is 23.7 Å². The van der Waals surface area contributed by atoms with Crippen LogP contribution in [0.25, 0.3) is 0 Å². The minimum atomic E-state index is -0.618. The number of anilines is 1. The van der Waals surface area contributed by atoms with Gasteiger partial charge in [0.1, 0.15) is 11.8 Å². The number of nitrogens with zero attached hydrogens (tertiary/aromatic N) is 2. The Morgan fingerprint density at radius 3 is 2.73 bits per heavy atom. The summed E-state index contributed by atoms with van der Waals surface area (Å²) in [5.41, 5.74) is 11.8. The van der Waals surface area contributed by atoms with E-state index in [9.17, 15) is 14.4 Å². The lowest BCUT2D eigenvalue weighted by Gasteiger charge is -2.39. The van der Waals surface area contributed by atoms with Crippen LogP contribution >= 0.6 is 0 Å². The van der Waals surface area contributed by atoms with Gasteiger partial charge in [-0.3, -0.25) is 24.6 Å². The fourth-order valence-corrected chi connectivity index (χ4v) is 6.43.